The number of rotatable bonds is 14. The third kappa shape index (κ3) is 9.22. The third-order valence-electron chi connectivity index (χ3n) is 13.2. The largest absolute Gasteiger partial charge is 0.507 e. The fourth-order valence-corrected chi connectivity index (χ4v) is 11.9. The van der Waals surface area contributed by atoms with Gasteiger partial charge in [0.25, 0.3) is 5.91 Å². The first-order valence-electron chi connectivity index (χ1n) is 21.9. The lowest BCUT2D eigenvalue weighted by Gasteiger charge is -2.49. The highest BCUT2D eigenvalue weighted by atomic mass is 32.2. The standard InChI is InChI=1S/C44H49N3O22S2/c1-14-31(52)18(45-43(63)66-11-15-12-70-40-29(39(60)47(40)30(15)41(61)62)46-23(51)13-71-42-38(59)37(58)34(55)21(9-48)69-42)6-24(67-14)68-20-8-44(64,22(50)10-49)7-17-26(20)36(57)28-27(33(17)54)32(53)16-4-3-5-19(65-2)25(16)35(28)56/h3-5,14,18,20-21,24,29,31,34,37-38,40,42,48-49,52,54-55,57-59,64H,6-13H2,1-2H3,(H,45,63)(H,46,51)(H,61,62)/t14-,18-,20-,21+,24-,29+,31+,34+,37-,38+,40+,42-,44-/m0/s1. The van der Waals surface area contributed by atoms with Crippen LogP contribution in [0, 0.1) is 0 Å². The molecule has 0 bridgehead atoms. The van der Waals surface area contributed by atoms with Gasteiger partial charge < -0.3 is 85.4 Å². The van der Waals surface area contributed by atoms with Gasteiger partial charge in [0.2, 0.25) is 11.7 Å². The van der Waals surface area contributed by atoms with E-state index in [2.05, 4.69) is 10.6 Å². The van der Waals surface area contributed by atoms with E-state index in [1.54, 1.807) is 0 Å². The maximum Gasteiger partial charge on any atom is 0.407 e. The van der Waals surface area contributed by atoms with Crippen molar-refractivity contribution in [2.75, 3.05) is 38.4 Å². The van der Waals surface area contributed by atoms with E-state index in [1.807, 2.05) is 0 Å². The molecule has 27 heteroatoms. The fourth-order valence-electron chi connectivity index (χ4n) is 9.58. The van der Waals surface area contributed by atoms with Crippen molar-refractivity contribution in [1.29, 1.82) is 0 Å². The Morgan fingerprint density at radius 1 is 0.944 bits per heavy atom. The average Bonchev–Trinajstić information content (AvgIpc) is 3.34. The lowest BCUT2D eigenvalue weighted by molar-refractivity contribution is -0.249. The van der Waals surface area contributed by atoms with Gasteiger partial charge in [0.1, 0.15) is 89.1 Å². The summed E-state index contributed by atoms with van der Waals surface area (Å²) in [4.78, 5) is 93.7. The van der Waals surface area contributed by atoms with Crippen LogP contribution in [0.25, 0.3) is 0 Å². The summed E-state index contributed by atoms with van der Waals surface area (Å²) in [7, 11) is 1.26. The van der Waals surface area contributed by atoms with Crippen molar-refractivity contribution < 1.29 is 108 Å². The van der Waals surface area contributed by atoms with E-state index in [1.165, 1.54) is 32.2 Å². The van der Waals surface area contributed by atoms with Crippen molar-refractivity contribution in [2.45, 2.75) is 104 Å². The molecule has 4 heterocycles. The van der Waals surface area contributed by atoms with Gasteiger partial charge in [-0.2, -0.15) is 0 Å². The van der Waals surface area contributed by atoms with Crippen LogP contribution in [0.3, 0.4) is 0 Å². The number of amides is 3. The van der Waals surface area contributed by atoms with Crippen LogP contribution in [0.4, 0.5) is 4.79 Å². The number of alkyl carbamates (subject to hydrolysis) is 1. The van der Waals surface area contributed by atoms with Gasteiger partial charge in [-0.3, -0.25) is 28.9 Å². The summed E-state index contributed by atoms with van der Waals surface area (Å²) >= 11 is 1.79. The smallest absolute Gasteiger partial charge is 0.407 e. The summed E-state index contributed by atoms with van der Waals surface area (Å²) in [6.45, 7) is -1.08. The number of β-lactam (4-membered cyclic amide) rings is 1. The second-order valence-corrected chi connectivity index (χ2v) is 19.7. The zero-order chi connectivity index (χ0) is 51.5. The Labute approximate surface area is 409 Å². The average molecular weight is 1040 g/mol. The molecule has 12 N–H and O–H groups in total. The molecule has 0 spiro atoms. The zero-order valence-electron chi connectivity index (χ0n) is 37.5. The van der Waals surface area contributed by atoms with Crippen LogP contribution in [0.5, 0.6) is 17.2 Å². The highest BCUT2D eigenvalue weighted by Gasteiger charge is 2.55. The first kappa shape index (κ1) is 51.9. The molecule has 2 aliphatic carbocycles. The Hall–Kier alpha value is -5.43. The number of methoxy groups -OCH3 is 1. The predicted octanol–water partition coefficient (Wildman–Crippen LogP) is -2.96. The summed E-state index contributed by atoms with van der Waals surface area (Å²) < 4.78 is 28.1. The molecule has 0 saturated carbocycles. The maximum atomic E-state index is 14.0. The molecule has 0 unspecified atom stereocenters. The van der Waals surface area contributed by atoms with Gasteiger partial charge in [-0.25, -0.2) is 9.59 Å². The Balaban J connectivity index is 0.938. The van der Waals surface area contributed by atoms with Crippen LogP contribution in [0.15, 0.2) is 29.5 Å². The molecule has 6 aliphatic rings. The molecule has 3 fully saturated rings. The number of aliphatic carboxylic acids is 1. The number of aromatic hydroxyl groups is 2. The van der Waals surface area contributed by atoms with Crippen LogP contribution in [0.1, 0.15) is 68.8 Å². The molecular formula is C44H49N3O22S2. The van der Waals surface area contributed by atoms with Crippen LogP contribution < -0.4 is 15.4 Å². The molecular weight excluding hydrogens is 987 g/mol. The van der Waals surface area contributed by atoms with Gasteiger partial charge in [0.15, 0.2) is 17.9 Å². The number of carboxylic acid groups (broad SMARTS) is 1. The summed E-state index contributed by atoms with van der Waals surface area (Å²) in [5, 5.41) is 110. The maximum absolute atomic E-state index is 14.0. The molecule has 384 valence electrons. The number of nitrogens with zero attached hydrogens (tertiary/aromatic N) is 1. The summed E-state index contributed by atoms with van der Waals surface area (Å²) in [5.41, 5.74) is -6.37. The van der Waals surface area contributed by atoms with Crippen molar-refractivity contribution in [3.63, 3.8) is 0 Å². The first-order chi connectivity index (χ1) is 33.7. The fraction of sp³-hybridized carbons (Fsp3) is 0.523. The molecule has 71 heavy (non-hydrogen) atoms. The van der Waals surface area contributed by atoms with Gasteiger partial charge in [-0.05, 0) is 13.0 Å². The number of nitrogens with one attached hydrogen (secondary N) is 2. The van der Waals surface area contributed by atoms with Crippen LogP contribution in [-0.4, -0.2) is 207 Å². The van der Waals surface area contributed by atoms with Gasteiger partial charge >= 0.3 is 12.1 Å². The Morgan fingerprint density at radius 3 is 2.34 bits per heavy atom. The number of ketones is 3. The van der Waals surface area contributed by atoms with Crippen molar-refractivity contribution in [2.24, 2.45) is 0 Å². The van der Waals surface area contributed by atoms with Gasteiger partial charge in [0.05, 0.1) is 54.4 Å². The molecule has 13 atom stereocenters. The summed E-state index contributed by atoms with van der Waals surface area (Å²) in [6.07, 6.45) is -14.6. The number of carboxylic acids is 1. The molecule has 3 saturated heterocycles. The van der Waals surface area contributed by atoms with Crippen molar-refractivity contribution in [3.8, 4) is 17.2 Å². The van der Waals surface area contributed by atoms with E-state index in [0.29, 0.717) is 0 Å². The minimum Gasteiger partial charge on any atom is -0.507 e. The normalized spacial score (nSPS) is 32.1. The SMILES string of the molecule is COc1cccc2c1C(=O)c1c(O)c3c(c(O)c1C2=O)C[C@@](O)(C(=O)CO)C[C@@H]3O[C@H]1C[C@H](NC(=O)OCC2=C(C(=O)O)N3C(=O)[C@@H](NC(=O)CS[C@@H]4O[C@H](CO)[C@@H](O)[C@H](O)[C@H]4O)[C@H]3SC2)[C@H](O)[C@H](C)O1. The minimum atomic E-state index is -2.45. The highest BCUT2D eigenvalue weighted by Crippen LogP contribution is 2.53. The van der Waals surface area contributed by atoms with Gasteiger partial charge in [-0.1, -0.05) is 12.1 Å². The number of phenolic OH excluding ortho intramolecular Hbond substituents is 2. The molecule has 25 nitrogen and oxygen atoms in total. The quantitative estimate of drug-likeness (QED) is 0.0567. The number of aliphatic hydroxyl groups excluding tert-OH is 6. The second-order valence-electron chi connectivity index (χ2n) is 17.5. The van der Waals surface area contributed by atoms with Crippen LogP contribution >= 0.6 is 23.5 Å². The number of thioether (sulfide) groups is 2. The number of Topliss-reactive ketones (excluding diaryl/α,β-unsaturated/α-hetero) is 1. The van der Waals surface area contributed by atoms with Crippen molar-refractivity contribution in [3.05, 3.63) is 62.8 Å². The second kappa shape index (κ2) is 20.2. The van der Waals surface area contributed by atoms with Gasteiger partial charge in [-0.15, -0.1) is 23.5 Å². The molecule has 4 aliphatic heterocycles. The van der Waals surface area contributed by atoms with Gasteiger partial charge in [0, 0.05) is 47.3 Å². The van der Waals surface area contributed by atoms with E-state index in [4.69, 9.17) is 23.7 Å². The minimum absolute atomic E-state index is 0.000466. The third-order valence-corrected chi connectivity index (χ3v) is 15.7. The number of hydrogen-bond donors (Lipinski definition) is 12. The molecule has 2 aromatic carbocycles. The summed E-state index contributed by atoms with van der Waals surface area (Å²) in [6, 6.07) is 1.77. The van der Waals surface area contributed by atoms with E-state index in [9.17, 15) is 84.6 Å². The molecule has 0 radical (unpaired) electrons. The number of phenols is 2. The number of ether oxygens (including phenoxy) is 5. The van der Waals surface area contributed by atoms with E-state index < -0.39 is 185 Å². The molecule has 2 aromatic rings. The van der Waals surface area contributed by atoms with Crippen molar-refractivity contribution in [1.82, 2.24) is 15.5 Å². The summed E-state index contributed by atoms with van der Waals surface area (Å²) in [5.74, 6) is -8.08. The lowest BCUT2D eigenvalue weighted by atomic mass is 9.72. The van der Waals surface area contributed by atoms with Crippen LogP contribution in [0.2, 0.25) is 0 Å². The number of carbonyl (C=O) groups is 7. The number of carbonyl (C=O) groups excluding carboxylic acids is 6. The van der Waals surface area contributed by atoms with E-state index in [-0.39, 0.29) is 45.8 Å². The number of fused-ring (bicyclic) bond motifs is 4. The Bertz CT molecular complexity index is 2590. The first-order valence-corrected chi connectivity index (χ1v) is 24.0. The topological polar surface area (TPSA) is 395 Å². The zero-order valence-corrected chi connectivity index (χ0v) is 39.1. The van der Waals surface area contributed by atoms with E-state index >= 15 is 0 Å². The number of hydrogen-bond acceptors (Lipinski definition) is 23. The monoisotopic (exact) mass is 1040 g/mol. The predicted molar refractivity (Wildman–Crippen MR) is 238 cm³/mol. The lowest BCUT2D eigenvalue weighted by Crippen LogP contribution is -2.70. The number of aliphatic hydroxyl groups is 7. The highest BCUT2D eigenvalue weighted by molar-refractivity contribution is 8.00. The van der Waals surface area contributed by atoms with E-state index in [0.717, 1.165) is 28.4 Å². The molecule has 8 rings (SSSR count). The molecule has 0 aromatic heterocycles. The Morgan fingerprint density at radius 2 is 1.66 bits per heavy atom. The van der Waals surface area contributed by atoms with Crippen molar-refractivity contribution >= 4 is 64.8 Å². The molecule has 3 amide bonds. The van der Waals surface area contributed by atoms with Crippen LogP contribution in [-0.2, 0) is 44.5 Å². The Kier molecular flexibility index (Phi) is 14.8. The number of benzene rings is 2.